The summed E-state index contributed by atoms with van der Waals surface area (Å²) in [6.45, 7) is 0. The zero-order chi connectivity index (χ0) is 31.8. The molecule has 3 aromatic heterocycles. The lowest BCUT2D eigenvalue weighted by Gasteiger charge is -2.14. The Labute approximate surface area is 279 Å². The Kier molecular flexibility index (Phi) is 4.72. The number of nitrogens with zero attached hydrogens (tertiary/aromatic N) is 1. The normalized spacial score (nSPS) is 12.5. The van der Waals surface area contributed by atoms with E-state index in [2.05, 4.69) is 156 Å². The van der Waals surface area contributed by atoms with Gasteiger partial charge in [-0.25, -0.2) is 0 Å². The highest BCUT2D eigenvalue weighted by Crippen LogP contribution is 2.53. The van der Waals surface area contributed by atoms with E-state index in [1.165, 1.54) is 65.7 Å². The molecule has 0 bridgehead atoms. The van der Waals surface area contributed by atoms with E-state index >= 15 is 0 Å². The Balaban J connectivity index is 1.30. The van der Waals surface area contributed by atoms with Crippen molar-refractivity contribution in [3.8, 4) is 39.1 Å². The van der Waals surface area contributed by atoms with E-state index in [1.54, 1.807) is 0 Å². The number of rotatable bonds is 3. The predicted molar refractivity (Wildman–Crippen MR) is 203 cm³/mol. The molecule has 11 aromatic rings. The fourth-order valence-corrected chi connectivity index (χ4v) is 8.63. The largest absolute Gasteiger partial charge is 0.456 e. The molecular weight excluding hydrogens is 599 g/mol. The minimum atomic E-state index is 0.894. The lowest BCUT2D eigenvalue weighted by atomic mass is 9.96. The third-order valence-electron chi connectivity index (χ3n) is 10.7. The molecule has 0 spiro atoms. The molecule has 0 radical (unpaired) electrons. The highest BCUT2D eigenvalue weighted by Gasteiger charge is 2.28. The van der Waals surface area contributed by atoms with Crippen molar-refractivity contribution < 1.29 is 8.83 Å². The van der Waals surface area contributed by atoms with Crippen LogP contribution in [0.2, 0.25) is 0 Å². The van der Waals surface area contributed by atoms with Crippen molar-refractivity contribution in [2.24, 2.45) is 0 Å². The van der Waals surface area contributed by atoms with Crippen LogP contribution >= 0.6 is 0 Å². The van der Waals surface area contributed by atoms with Gasteiger partial charge in [-0.2, -0.15) is 0 Å². The number of aromatic nitrogens is 1. The van der Waals surface area contributed by atoms with Crippen LogP contribution < -0.4 is 0 Å². The number of para-hydroxylation sites is 1. The molecule has 1 aliphatic rings. The summed E-state index contributed by atoms with van der Waals surface area (Å²) in [6.07, 6.45) is 0. The van der Waals surface area contributed by atoms with E-state index in [4.69, 9.17) is 8.83 Å². The Morgan fingerprint density at radius 2 is 1.04 bits per heavy atom. The van der Waals surface area contributed by atoms with Gasteiger partial charge in [0.15, 0.2) is 5.58 Å². The van der Waals surface area contributed by atoms with Crippen LogP contribution in [0, 0.1) is 0 Å². The standard InChI is InChI=1S/C46H25NO2/c1-3-10-26(11-4-1)29-22-30(27-12-5-2-6-13-27)24-31(23-29)47-36-16-8-7-14-32(36)35-25-34-33-15-9-17-37-41(33)43-38(48-37)20-18-28-19-21-39-44(40(28)43)42(34)46(49-39)45(35)47/h1-25H. The van der Waals surface area contributed by atoms with Crippen LogP contribution in [-0.2, 0) is 0 Å². The topological polar surface area (TPSA) is 31.2 Å². The van der Waals surface area contributed by atoms with E-state index in [0.717, 1.165) is 49.8 Å². The van der Waals surface area contributed by atoms with E-state index in [-0.39, 0.29) is 0 Å². The van der Waals surface area contributed by atoms with Crippen molar-refractivity contribution in [3.63, 3.8) is 0 Å². The third kappa shape index (κ3) is 3.26. The van der Waals surface area contributed by atoms with Gasteiger partial charge in [-0.3, -0.25) is 0 Å². The smallest absolute Gasteiger partial charge is 0.160 e. The van der Waals surface area contributed by atoms with Gasteiger partial charge in [0.2, 0.25) is 0 Å². The minimum Gasteiger partial charge on any atom is -0.456 e. The highest BCUT2D eigenvalue weighted by molar-refractivity contribution is 6.39. The maximum absolute atomic E-state index is 7.08. The van der Waals surface area contributed by atoms with E-state index in [9.17, 15) is 0 Å². The van der Waals surface area contributed by atoms with E-state index < -0.39 is 0 Å². The van der Waals surface area contributed by atoms with Crippen molar-refractivity contribution in [2.75, 3.05) is 0 Å². The molecule has 0 saturated carbocycles. The number of fused-ring (bicyclic) bond motifs is 5. The molecule has 226 valence electrons. The fraction of sp³-hybridized carbons (Fsp3) is 0. The van der Waals surface area contributed by atoms with E-state index in [0.29, 0.717) is 0 Å². The third-order valence-corrected chi connectivity index (χ3v) is 10.7. The molecule has 0 saturated heterocycles. The number of hydrogen-bond donors (Lipinski definition) is 0. The van der Waals surface area contributed by atoms with Crippen LogP contribution in [0.25, 0.3) is 116 Å². The van der Waals surface area contributed by atoms with Gasteiger partial charge >= 0.3 is 0 Å². The van der Waals surface area contributed by atoms with Crippen LogP contribution in [-0.4, -0.2) is 4.57 Å². The van der Waals surface area contributed by atoms with Crippen molar-refractivity contribution in [3.05, 3.63) is 152 Å². The monoisotopic (exact) mass is 623 g/mol. The zero-order valence-corrected chi connectivity index (χ0v) is 26.2. The lowest BCUT2D eigenvalue weighted by molar-refractivity contribution is 0.669. The fourth-order valence-electron chi connectivity index (χ4n) is 8.63. The molecule has 8 aromatic carbocycles. The average molecular weight is 624 g/mol. The summed E-state index contributed by atoms with van der Waals surface area (Å²) >= 11 is 0. The molecule has 3 heteroatoms. The molecule has 0 aliphatic heterocycles. The first kappa shape index (κ1) is 25.5. The first-order valence-corrected chi connectivity index (χ1v) is 16.8. The van der Waals surface area contributed by atoms with Gasteiger partial charge in [-0.1, -0.05) is 103 Å². The molecule has 1 aliphatic carbocycles. The van der Waals surface area contributed by atoms with Crippen LogP contribution in [0.15, 0.2) is 160 Å². The predicted octanol–water partition coefficient (Wildman–Crippen LogP) is 13.1. The number of benzene rings is 8. The van der Waals surface area contributed by atoms with Gasteiger partial charge in [0.05, 0.1) is 11.0 Å². The molecule has 0 fully saturated rings. The van der Waals surface area contributed by atoms with Crippen LogP contribution in [0.1, 0.15) is 0 Å². The summed E-state index contributed by atoms with van der Waals surface area (Å²) in [4.78, 5) is 0. The maximum atomic E-state index is 7.08. The SMILES string of the molecule is c1ccc(-c2cc(-c3ccccc3)cc(-n3c4ccccc4c4cc5c6c(oc7ccc8ccc9oc%10cccc-5c%10c9c8c76)c43)c2)cc1. The van der Waals surface area contributed by atoms with E-state index in [1.807, 2.05) is 0 Å². The Morgan fingerprint density at radius 3 is 1.80 bits per heavy atom. The molecular formula is C46H25NO2. The summed E-state index contributed by atoms with van der Waals surface area (Å²) < 4.78 is 16.0. The van der Waals surface area contributed by atoms with Crippen LogP contribution in [0.5, 0.6) is 0 Å². The van der Waals surface area contributed by atoms with Crippen molar-refractivity contribution in [2.45, 2.75) is 0 Å². The highest BCUT2D eigenvalue weighted by atomic mass is 16.3. The summed E-state index contributed by atoms with van der Waals surface area (Å²) in [6, 6.07) is 54.5. The summed E-state index contributed by atoms with van der Waals surface area (Å²) in [5, 5.41) is 9.44. The van der Waals surface area contributed by atoms with Gasteiger partial charge in [0.25, 0.3) is 0 Å². The van der Waals surface area contributed by atoms with Crippen molar-refractivity contribution >= 4 is 76.5 Å². The maximum Gasteiger partial charge on any atom is 0.160 e. The van der Waals surface area contributed by atoms with Crippen LogP contribution in [0.3, 0.4) is 0 Å². The van der Waals surface area contributed by atoms with Gasteiger partial charge < -0.3 is 13.4 Å². The minimum absolute atomic E-state index is 0.894. The molecule has 49 heavy (non-hydrogen) atoms. The first-order chi connectivity index (χ1) is 24.3. The number of hydrogen-bond acceptors (Lipinski definition) is 2. The number of furan rings is 2. The zero-order valence-electron chi connectivity index (χ0n) is 26.2. The Morgan fingerprint density at radius 1 is 0.388 bits per heavy atom. The molecule has 0 N–H and O–H groups in total. The van der Waals surface area contributed by atoms with Crippen molar-refractivity contribution in [1.29, 1.82) is 0 Å². The van der Waals surface area contributed by atoms with Gasteiger partial charge in [-0.05, 0) is 87.3 Å². The molecule has 3 nitrogen and oxygen atoms in total. The molecule has 3 heterocycles. The quantitative estimate of drug-likeness (QED) is 0.196. The molecule has 12 rings (SSSR count). The second-order valence-electron chi connectivity index (χ2n) is 13.2. The average Bonchev–Trinajstić information content (AvgIpc) is 3.82. The Hall–Kier alpha value is -6.58. The molecule has 0 atom stereocenters. The van der Waals surface area contributed by atoms with Gasteiger partial charge in [-0.15, -0.1) is 0 Å². The van der Waals surface area contributed by atoms with Gasteiger partial charge in [0.1, 0.15) is 16.7 Å². The summed E-state index contributed by atoms with van der Waals surface area (Å²) in [5.41, 5.74) is 14.0. The molecule has 0 amide bonds. The second-order valence-corrected chi connectivity index (χ2v) is 13.2. The van der Waals surface area contributed by atoms with Crippen molar-refractivity contribution in [1.82, 2.24) is 4.57 Å². The van der Waals surface area contributed by atoms with Crippen LogP contribution in [0.4, 0.5) is 0 Å². The lowest BCUT2D eigenvalue weighted by Crippen LogP contribution is -1.96. The molecule has 0 unspecified atom stereocenters. The summed E-state index contributed by atoms with van der Waals surface area (Å²) in [7, 11) is 0. The second kappa shape index (κ2) is 9.06. The Bertz CT molecular complexity index is 3140. The summed E-state index contributed by atoms with van der Waals surface area (Å²) in [5.74, 6) is 0. The van der Waals surface area contributed by atoms with Gasteiger partial charge in [0, 0.05) is 43.4 Å². The first-order valence-electron chi connectivity index (χ1n) is 16.8.